The molecule has 2 fully saturated rings. The lowest BCUT2D eigenvalue weighted by atomic mass is 9.61. The number of carbonyl (C=O) groups excluding carboxylic acids is 1. The van der Waals surface area contributed by atoms with Gasteiger partial charge >= 0.3 is 0 Å². The molecule has 3 aliphatic carbocycles. The number of hydrogen-bond acceptors (Lipinski definition) is 5. The molecule has 6 rings (SSSR count). The van der Waals surface area contributed by atoms with Gasteiger partial charge in [-0.2, -0.15) is 5.10 Å². The van der Waals surface area contributed by atoms with Gasteiger partial charge in [0.05, 0.1) is 33.5 Å². The van der Waals surface area contributed by atoms with E-state index in [1.165, 1.54) is 12.1 Å². The lowest BCUT2D eigenvalue weighted by Crippen LogP contribution is -2.48. The summed E-state index contributed by atoms with van der Waals surface area (Å²) < 4.78 is 57.5. The Bertz CT molecular complexity index is 1540. The number of hydrogen-bond donors (Lipinski definition) is 0. The minimum absolute atomic E-state index is 0.168. The van der Waals surface area contributed by atoms with Crippen LogP contribution in [0.25, 0.3) is 11.8 Å². The van der Waals surface area contributed by atoms with E-state index in [-0.39, 0.29) is 30.9 Å². The number of alkyl halides is 1. The van der Waals surface area contributed by atoms with E-state index < -0.39 is 31.4 Å². The average Bonchev–Trinajstić information content (AvgIpc) is 3.34. The third-order valence-corrected chi connectivity index (χ3v) is 11.7. The van der Waals surface area contributed by atoms with Gasteiger partial charge in [0.2, 0.25) is 0 Å². The van der Waals surface area contributed by atoms with Crippen molar-refractivity contribution in [3.05, 3.63) is 83.2 Å². The van der Waals surface area contributed by atoms with Crippen LogP contribution in [0.5, 0.6) is 0 Å². The van der Waals surface area contributed by atoms with E-state index in [0.717, 1.165) is 16.8 Å². The lowest BCUT2D eigenvalue weighted by Gasteiger charge is -2.44. The molecule has 0 saturated heterocycles. The largest absolute Gasteiger partial charge is 0.291 e. The first kappa shape index (κ1) is 26.0. The molecule has 0 aliphatic heterocycles. The summed E-state index contributed by atoms with van der Waals surface area (Å²) in [5.74, 6) is -0.527. The van der Waals surface area contributed by atoms with Crippen molar-refractivity contribution in [3.63, 3.8) is 0 Å². The molecule has 9 heteroatoms. The fourth-order valence-corrected chi connectivity index (χ4v) is 9.07. The summed E-state index contributed by atoms with van der Waals surface area (Å²) in [6.07, 6.45) is 7.67. The minimum atomic E-state index is -3.58. The monoisotopic (exact) mass is 551 g/mol. The summed E-state index contributed by atoms with van der Waals surface area (Å²) in [5.41, 5.74) is 1.15. The number of sulfone groups is 1. The topological polar surface area (TPSA) is 81.9 Å². The molecule has 2 saturated carbocycles. The number of pyridine rings is 1. The molecular formula is C30H31F2N3O3S. The normalized spacial score (nSPS) is 28.7. The quantitative estimate of drug-likeness (QED) is 0.372. The number of ketones is 1. The molecule has 0 N–H and O–H groups in total. The Morgan fingerprint density at radius 2 is 1.79 bits per heavy atom. The predicted octanol–water partition coefficient (Wildman–Crippen LogP) is 5.85. The van der Waals surface area contributed by atoms with Crippen LogP contribution in [0.3, 0.4) is 0 Å². The number of benzene rings is 1. The van der Waals surface area contributed by atoms with Crippen LogP contribution in [0.2, 0.25) is 0 Å². The highest BCUT2D eigenvalue weighted by atomic mass is 32.2. The standard InChI is InChI=1S/C30H31F2N3O3S/c1-29(32)13-11-24(12-14-29)39(37,38)25-10-5-21-16-27-20(19-34-35(27)23-8-6-22(31)7-9-23)17-30(21,18-25)28(36)26-4-2-3-15-33-26/h2-4,6-9,15-16,19,24-25H,5,10-14,17-18H2,1H3/t24?,25-,29?,30-/m0/s1. The van der Waals surface area contributed by atoms with Crippen molar-refractivity contribution in [2.75, 3.05) is 0 Å². The zero-order chi connectivity index (χ0) is 27.4. The Balaban J connectivity index is 1.39. The molecule has 0 amide bonds. The molecule has 2 aromatic heterocycles. The summed E-state index contributed by atoms with van der Waals surface area (Å²) >= 11 is 0. The van der Waals surface area contributed by atoms with Crippen LogP contribution in [0.1, 0.15) is 73.6 Å². The van der Waals surface area contributed by atoms with Crippen molar-refractivity contribution < 1.29 is 22.0 Å². The van der Waals surface area contributed by atoms with Gasteiger partial charge in [-0.15, -0.1) is 0 Å². The van der Waals surface area contributed by atoms with E-state index in [0.29, 0.717) is 43.5 Å². The van der Waals surface area contributed by atoms with Crippen LogP contribution in [-0.2, 0) is 16.3 Å². The van der Waals surface area contributed by atoms with Crippen molar-refractivity contribution in [3.8, 4) is 5.69 Å². The molecule has 0 bridgehead atoms. The van der Waals surface area contributed by atoms with E-state index in [2.05, 4.69) is 10.1 Å². The van der Waals surface area contributed by atoms with Crippen LogP contribution in [0.15, 0.2) is 60.4 Å². The average molecular weight is 552 g/mol. The van der Waals surface area contributed by atoms with Gasteiger partial charge in [-0.1, -0.05) is 11.6 Å². The molecule has 2 atom stereocenters. The van der Waals surface area contributed by atoms with Crippen LogP contribution in [0.4, 0.5) is 8.78 Å². The maximum atomic E-state index is 14.5. The number of rotatable bonds is 5. The van der Waals surface area contributed by atoms with E-state index in [1.54, 1.807) is 54.3 Å². The van der Waals surface area contributed by atoms with Crippen LogP contribution in [0, 0.1) is 11.2 Å². The molecule has 2 heterocycles. The first-order valence-electron chi connectivity index (χ1n) is 13.5. The predicted molar refractivity (Wildman–Crippen MR) is 145 cm³/mol. The summed E-state index contributed by atoms with van der Waals surface area (Å²) in [6.45, 7) is 1.54. The van der Waals surface area contributed by atoms with E-state index >= 15 is 0 Å². The van der Waals surface area contributed by atoms with Gasteiger partial charge in [0, 0.05) is 6.20 Å². The molecule has 0 radical (unpaired) electrons. The Hall–Kier alpha value is -3.20. The molecule has 6 nitrogen and oxygen atoms in total. The van der Waals surface area contributed by atoms with Crippen LogP contribution < -0.4 is 0 Å². The van der Waals surface area contributed by atoms with E-state index in [4.69, 9.17) is 0 Å². The van der Waals surface area contributed by atoms with Gasteiger partial charge in [-0.25, -0.2) is 21.9 Å². The van der Waals surface area contributed by atoms with Crippen LogP contribution >= 0.6 is 0 Å². The second kappa shape index (κ2) is 9.47. The lowest BCUT2D eigenvalue weighted by molar-refractivity contribution is 0.0796. The third kappa shape index (κ3) is 4.54. The highest BCUT2D eigenvalue weighted by molar-refractivity contribution is 7.92. The van der Waals surface area contributed by atoms with E-state index in [1.807, 2.05) is 6.08 Å². The Morgan fingerprint density at radius 1 is 1.05 bits per heavy atom. The summed E-state index contributed by atoms with van der Waals surface area (Å²) in [5, 5.41) is 3.27. The Kier molecular flexibility index (Phi) is 6.32. The second-order valence-electron chi connectivity index (χ2n) is 11.5. The van der Waals surface area contributed by atoms with Gasteiger partial charge in [-0.3, -0.25) is 9.78 Å². The maximum absolute atomic E-state index is 14.5. The second-order valence-corrected chi connectivity index (χ2v) is 14.0. The molecule has 3 aliphatic rings. The molecule has 3 aromatic rings. The number of aromatic nitrogens is 3. The van der Waals surface area contributed by atoms with Gasteiger partial charge in [0.1, 0.15) is 17.2 Å². The smallest absolute Gasteiger partial charge is 0.191 e. The maximum Gasteiger partial charge on any atom is 0.191 e. The third-order valence-electron chi connectivity index (χ3n) is 8.92. The fraction of sp³-hybridized carbons (Fsp3) is 0.433. The first-order valence-corrected chi connectivity index (χ1v) is 15.1. The number of halogens is 2. The number of carbonyl (C=O) groups is 1. The van der Waals surface area contributed by atoms with Crippen molar-refractivity contribution in [1.29, 1.82) is 0 Å². The van der Waals surface area contributed by atoms with Gasteiger partial charge in [0.25, 0.3) is 0 Å². The van der Waals surface area contributed by atoms with Gasteiger partial charge < -0.3 is 0 Å². The molecule has 204 valence electrons. The molecule has 39 heavy (non-hydrogen) atoms. The number of fused-ring (bicyclic) bond motifs is 2. The van der Waals surface area contributed by atoms with Crippen LogP contribution in [-0.4, -0.2) is 45.1 Å². The Morgan fingerprint density at radius 3 is 2.49 bits per heavy atom. The molecule has 0 spiro atoms. The van der Waals surface area contributed by atoms with Crippen molar-refractivity contribution in [1.82, 2.24) is 14.8 Å². The molecule has 1 aromatic carbocycles. The fourth-order valence-electron chi connectivity index (χ4n) is 6.67. The SMILES string of the molecule is CC1(F)CCC(S(=O)(=O)[C@H]2CCC3=Cc4c(cnn4-c4ccc(F)cc4)C[C@]3(C(=O)c3ccccn3)C2)CC1. The zero-order valence-corrected chi connectivity index (χ0v) is 22.6. The minimum Gasteiger partial charge on any atom is -0.291 e. The highest BCUT2D eigenvalue weighted by Crippen LogP contribution is 2.52. The first-order chi connectivity index (χ1) is 18.6. The summed E-state index contributed by atoms with van der Waals surface area (Å²) in [6, 6.07) is 11.2. The van der Waals surface area contributed by atoms with E-state index in [9.17, 15) is 22.0 Å². The summed E-state index contributed by atoms with van der Waals surface area (Å²) in [4.78, 5) is 18.5. The number of allylic oxidation sites excluding steroid dienone is 1. The zero-order valence-electron chi connectivity index (χ0n) is 21.8. The van der Waals surface area contributed by atoms with Gasteiger partial charge in [-0.05, 0) is 106 Å². The van der Waals surface area contributed by atoms with Gasteiger partial charge in [0.15, 0.2) is 15.6 Å². The Labute approximate surface area is 227 Å². The van der Waals surface area contributed by atoms with Crippen molar-refractivity contribution in [2.45, 2.75) is 74.5 Å². The number of Topliss-reactive ketones (excluding diaryl/α,β-unsaturated/α-hetero) is 1. The van der Waals surface area contributed by atoms with Crippen molar-refractivity contribution in [2.24, 2.45) is 5.41 Å². The number of nitrogens with zero attached hydrogens (tertiary/aromatic N) is 3. The summed E-state index contributed by atoms with van der Waals surface area (Å²) in [7, 11) is -3.58. The van der Waals surface area contributed by atoms with Crippen molar-refractivity contribution >= 4 is 21.7 Å². The molecule has 0 unspecified atom stereocenters. The highest BCUT2D eigenvalue weighted by Gasteiger charge is 2.53. The molecular weight excluding hydrogens is 520 g/mol.